The van der Waals surface area contributed by atoms with Crippen molar-refractivity contribution >= 4 is 10.1 Å². The third kappa shape index (κ3) is 6.80. The van der Waals surface area contributed by atoms with Gasteiger partial charge in [-0.3, -0.25) is 4.18 Å². The molecule has 0 radical (unpaired) electrons. The molecule has 23 heavy (non-hydrogen) atoms. The monoisotopic (exact) mass is 338 g/mol. The number of halogens is 1. The van der Waals surface area contributed by atoms with Crippen molar-refractivity contribution < 1.29 is 21.7 Å². The molecule has 6 heteroatoms. The number of rotatable bonds is 8. The third-order valence-electron chi connectivity index (χ3n) is 3.18. The van der Waals surface area contributed by atoms with Crippen molar-refractivity contribution in [3.8, 4) is 5.75 Å². The zero-order valence-corrected chi connectivity index (χ0v) is 13.7. The fraction of sp³-hybridized carbons (Fsp3) is 0.294. The highest BCUT2D eigenvalue weighted by Gasteiger charge is 2.02. The number of hydrogen-bond acceptors (Lipinski definition) is 4. The van der Waals surface area contributed by atoms with Gasteiger partial charge in [-0.1, -0.05) is 24.3 Å². The van der Waals surface area contributed by atoms with Crippen LogP contribution in [-0.4, -0.2) is 27.9 Å². The first-order valence-electron chi connectivity index (χ1n) is 7.23. The molecule has 0 spiro atoms. The average Bonchev–Trinajstić information content (AvgIpc) is 2.50. The fourth-order valence-corrected chi connectivity index (χ4v) is 2.39. The predicted molar refractivity (Wildman–Crippen MR) is 86.5 cm³/mol. The van der Waals surface area contributed by atoms with E-state index in [0.29, 0.717) is 19.4 Å². The van der Waals surface area contributed by atoms with Crippen LogP contribution in [0.2, 0.25) is 0 Å². The molecule has 0 amide bonds. The molecule has 0 unspecified atom stereocenters. The zero-order valence-electron chi connectivity index (χ0n) is 12.9. The van der Waals surface area contributed by atoms with Gasteiger partial charge in [0.1, 0.15) is 11.6 Å². The van der Waals surface area contributed by atoms with Crippen molar-refractivity contribution in [3.63, 3.8) is 0 Å². The van der Waals surface area contributed by atoms with E-state index in [-0.39, 0.29) is 12.4 Å². The molecule has 0 aliphatic rings. The van der Waals surface area contributed by atoms with E-state index in [1.54, 1.807) is 12.1 Å². The van der Waals surface area contributed by atoms with Crippen molar-refractivity contribution in [1.82, 2.24) is 0 Å². The summed E-state index contributed by atoms with van der Waals surface area (Å²) in [5.41, 5.74) is 1.99. The molecule has 0 aliphatic carbocycles. The second-order valence-electron chi connectivity index (χ2n) is 5.14. The summed E-state index contributed by atoms with van der Waals surface area (Å²) in [5.74, 6) is 0.491. The summed E-state index contributed by atoms with van der Waals surface area (Å²) in [6.45, 7) is 0.631. The lowest BCUT2D eigenvalue weighted by Crippen LogP contribution is -2.06. The molecular formula is C17H19FO4S. The molecular weight excluding hydrogens is 319 g/mol. The second kappa shape index (κ2) is 8.08. The minimum absolute atomic E-state index is 0.129. The van der Waals surface area contributed by atoms with E-state index >= 15 is 0 Å². The summed E-state index contributed by atoms with van der Waals surface area (Å²) >= 11 is 0. The van der Waals surface area contributed by atoms with Gasteiger partial charge in [-0.05, 0) is 41.8 Å². The zero-order chi connectivity index (χ0) is 16.7. The van der Waals surface area contributed by atoms with Gasteiger partial charge in [0.25, 0.3) is 10.1 Å². The van der Waals surface area contributed by atoms with Crippen molar-refractivity contribution in [3.05, 3.63) is 65.5 Å². The summed E-state index contributed by atoms with van der Waals surface area (Å²) in [6.07, 6.45) is 2.25. The second-order valence-corrected chi connectivity index (χ2v) is 6.79. The van der Waals surface area contributed by atoms with E-state index < -0.39 is 10.1 Å². The molecule has 0 aromatic heterocycles. The van der Waals surface area contributed by atoms with E-state index in [9.17, 15) is 12.8 Å². The molecule has 0 bridgehead atoms. The van der Waals surface area contributed by atoms with Crippen molar-refractivity contribution in [2.75, 3.05) is 19.5 Å². The normalized spacial score (nSPS) is 11.4. The summed E-state index contributed by atoms with van der Waals surface area (Å²) in [6, 6.07) is 13.8. The van der Waals surface area contributed by atoms with Crippen LogP contribution in [0.5, 0.6) is 5.75 Å². The van der Waals surface area contributed by atoms with E-state index in [4.69, 9.17) is 8.92 Å². The topological polar surface area (TPSA) is 52.6 Å². The summed E-state index contributed by atoms with van der Waals surface area (Å²) in [4.78, 5) is 0. The molecule has 0 fully saturated rings. The Labute approximate surface area is 136 Å². The predicted octanol–water partition coefficient (Wildman–Crippen LogP) is 2.97. The first kappa shape index (κ1) is 17.4. The maximum absolute atomic E-state index is 12.8. The number of ether oxygens (including phenoxy) is 1. The first-order valence-corrected chi connectivity index (χ1v) is 9.05. The third-order valence-corrected chi connectivity index (χ3v) is 3.78. The summed E-state index contributed by atoms with van der Waals surface area (Å²) in [7, 11) is -3.39. The molecule has 0 N–H and O–H groups in total. The van der Waals surface area contributed by atoms with Crippen LogP contribution in [-0.2, 0) is 27.1 Å². The minimum Gasteiger partial charge on any atom is -0.493 e. The van der Waals surface area contributed by atoms with Crippen LogP contribution in [0.15, 0.2) is 48.5 Å². The van der Waals surface area contributed by atoms with E-state index in [1.165, 1.54) is 12.1 Å². The molecule has 4 nitrogen and oxygen atoms in total. The van der Waals surface area contributed by atoms with Gasteiger partial charge >= 0.3 is 0 Å². The molecule has 2 aromatic carbocycles. The highest BCUT2D eigenvalue weighted by Crippen LogP contribution is 2.13. The van der Waals surface area contributed by atoms with Gasteiger partial charge < -0.3 is 4.74 Å². The molecule has 0 atom stereocenters. The Morgan fingerprint density at radius 3 is 1.96 bits per heavy atom. The molecule has 2 rings (SSSR count). The SMILES string of the molecule is CS(=O)(=O)OCCc1ccc(OCCc2ccc(F)cc2)cc1. The Kier molecular flexibility index (Phi) is 6.12. The Morgan fingerprint density at radius 2 is 1.39 bits per heavy atom. The average molecular weight is 338 g/mol. The molecule has 0 heterocycles. The van der Waals surface area contributed by atoms with E-state index in [2.05, 4.69) is 0 Å². The largest absolute Gasteiger partial charge is 0.493 e. The smallest absolute Gasteiger partial charge is 0.264 e. The highest BCUT2D eigenvalue weighted by molar-refractivity contribution is 7.85. The lowest BCUT2D eigenvalue weighted by Gasteiger charge is -2.07. The Hall–Kier alpha value is -1.92. The van der Waals surface area contributed by atoms with Gasteiger partial charge in [0.05, 0.1) is 19.5 Å². The van der Waals surface area contributed by atoms with Crippen LogP contribution in [0.1, 0.15) is 11.1 Å². The van der Waals surface area contributed by atoms with Crippen LogP contribution in [0, 0.1) is 5.82 Å². The van der Waals surface area contributed by atoms with Gasteiger partial charge in [-0.15, -0.1) is 0 Å². The lowest BCUT2D eigenvalue weighted by molar-refractivity contribution is 0.320. The molecule has 124 valence electrons. The van der Waals surface area contributed by atoms with Gasteiger partial charge in [0.2, 0.25) is 0 Å². The van der Waals surface area contributed by atoms with Crippen LogP contribution in [0.25, 0.3) is 0 Å². The van der Waals surface area contributed by atoms with Crippen LogP contribution < -0.4 is 4.74 Å². The Bertz CT molecular complexity index is 709. The van der Waals surface area contributed by atoms with Crippen LogP contribution >= 0.6 is 0 Å². The fourth-order valence-electron chi connectivity index (χ4n) is 2.00. The number of hydrogen-bond donors (Lipinski definition) is 0. The first-order chi connectivity index (χ1) is 10.9. The van der Waals surface area contributed by atoms with Gasteiger partial charge in [-0.25, -0.2) is 4.39 Å². The Morgan fingerprint density at radius 1 is 0.870 bits per heavy atom. The van der Waals surface area contributed by atoms with Gasteiger partial charge in [0.15, 0.2) is 0 Å². The Balaban J connectivity index is 1.75. The summed E-state index contributed by atoms with van der Waals surface area (Å²) in [5, 5.41) is 0. The maximum Gasteiger partial charge on any atom is 0.264 e. The summed E-state index contributed by atoms with van der Waals surface area (Å²) < 4.78 is 44.9. The van der Waals surface area contributed by atoms with Crippen molar-refractivity contribution in [1.29, 1.82) is 0 Å². The highest BCUT2D eigenvalue weighted by atomic mass is 32.2. The molecule has 0 saturated carbocycles. The number of benzene rings is 2. The molecule has 0 saturated heterocycles. The quantitative estimate of drug-likeness (QED) is 0.695. The van der Waals surface area contributed by atoms with E-state index in [1.807, 2.05) is 24.3 Å². The standard InChI is InChI=1S/C17H19FO4S/c1-23(19,20)22-13-11-15-4-8-17(9-5-15)21-12-10-14-2-6-16(18)7-3-14/h2-9H,10-13H2,1H3. The van der Waals surface area contributed by atoms with Crippen molar-refractivity contribution in [2.45, 2.75) is 12.8 Å². The van der Waals surface area contributed by atoms with Gasteiger partial charge in [0, 0.05) is 6.42 Å². The van der Waals surface area contributed by atoms with E-state index in [0.717, 1.165) is 23.1 Å². The lowest BCUT2D eigenvalue weighted by atomic mass is 10.1. The molecule has 2 aromatic rings. The van der Waals surface area contributed by atoms with Crippen LogP contribution in [0.3, 0.4) is 0 Å². The van der Waals surface area contributed by atoms with Crippen molar-refractivity contribution in [2.24, 2.45) is 0 Å². The van der Waals surface area contributed by atoms with Crippen LogP contribution in [0.4, 0.5) is 4.39 Å². The maximum atomic E-state index is 12.8. The minimum atomic E-state index is -3.39. The molecule has 0 aliphatic heterocycles. The van der Waals surface area contributed by atoms with Gasteiger partial charge in [-0.2, -0.15) is 8.42 Å².